The highest BCUT2D eigenvalue weighted by Gasteiger charge is 2.41. The lowest BCUT2D eigenvalue weighted by atomic mass is 9.87. The van der Waals surface area contributed by atoms with E-state index in [0.717, 1.165) is 71.7 Å². The van der Waals surface area contributed by atoms with Gasteiger partial charge in [0.2, 0.25) is 0 Å². The molecule has 210 valence electrons. The Bertz CT molecular complexity index is 2160. The van der Waals surface area contributed by atoms with Crippen LogP contribution >= 0.6 is 0 Å². The minimum absolute atomic E-state index is 0.0961. The van der Waals surface area contributed by atoms with Gasteiger partial charge in [-0.05, 0) is 146 Å². The zero-order valence-corrected chi connectivity index (χ0v) is 25.2. The van der Waals surface area contributed by atoms with Crippen molar-refractivity contribution in [2.24, 2.45) is 0 Å². The maximum Gasteiger partial charge on any atom is 0.261 e. The van der Waals surface area contributed by atoms with Crippen LogP contribution in [0.15, 0.2) is 48.5 Å². The molecule has 1 unspecified atom stereocenters. The molecule has 0 radical (unpaired) electrons. The topological polar surface area (TPSA) is 40.5 Å². The largest absolute Gasteiger partial charge is 0.369 e. The number of nitrogens with zero attached hydrogens (tertiary/aromatic N) is 1. The van der Waals surface area contributed by atoms with E-state index in [1.54, 1.807) is 4.90 Å². The number of unbranched alkanes of at least 4 members (excludes halogenated alkanes) is 2. The summed E-state index contributed by atoms with van der Waals surface area (Å²) >= 11 is 0. The number of benzene rings is 6. The normalized spacial score (nSPS) is 15.7. The van der Waals surface area contributed by atoms with Crippen molar-refractivity contribution in [3.8, 4) is 0 Å². The van der Waals surface area contributed by atoms with Gasteiger partial charge in [0.25, 0.3) is 5.91 Å². The first-order valence-corrected chi connectivity index (χ1v) is 15.7. The third kappa shape index (κ3) is 3.18. The Labute approximate surface area is 246 Å². The molecule has 1 atom stereocenters. The van der Waals surface area contributed by atoms with Crippen molar-refractivity contribution in [3.05, 3.63) is 87.5 Å². The van der Waals surface area contributed by atoms with Gasteiger partial charge in [0, 0.05) is 11.3 Å². The number of hydrogen-bond donors (Lipinski definition) is 1. The summed E-state index contributed by atoms with van der Waals surface area (Å²) in [5.74, 6) is -0.0961. The van der Waals surface area contributed by atoms with E-state index in [9.17, 15) is 9.90 Å². The highest BCUT2D eigenvalue weighted by molar-refractivity contribution is 6.47. The molecule has 0 saturated carbocycles. The van der Waals surface area contributed by atoms with E-state index < -0.39 is 6.23 Å². The Balaban J connectivity index is 1.54. The molecule has 8 rings (SSSR count). The van der Waals surface area contributed by atoms with Crippen LogP contribution in [0.4, 0.5) is 5.69 Å². The van der Waals surface area contributed by atoms with Crippen LogP contribution in [0.1, 0.15) is 89.5 Å². The number of fused-ring (bicyclic) bond motifs is 3. The molecule has 0 saturated heterocycles. The second kappa shape index (κ2) is 9.02. The molecule has 3 nitrogen and oxygen atoms in total. The van der Waals surface area contributed by atoms with Gasteiger partial charge >= 0.3 is 0 Å². The van der Waals surface area contributed by atoms with Crippen molar-refractivity contribution in [1.82, 2.24) is 0 Å². The molecule has 0 fully saturated rings. The zero-order chi connectivity index (χ0) is 29.0. The maximum absolute atomic E-state index is 14.6. The number of hydrogen-bond acceptors (Lipinski definition) is 2. The summed E-state index contributed by atoms with van der Waals surface area (Å²) in [6, 6.07) is 17.9. The van der Waals surface area contributed by atoms with E-state index >= 15 is 0 Å². The van der Waals surface area contributed by atoms with Gasteiger partial charge in [0.05, 0.1) is 5.56 Å². The molecular weight excluding hydrogens is 514 g/mol. The summed E-state index contributed by atoms with van der Waals surface area (Å²) in [6.45, 7) is 10.8. The number of aliphatic hydroxyl groups is 1. The van der Waals surface area contributed by atoms with Crippen molar-refractivity contribution >= 4 is 65.5 Å². The molecule has 0 aromatic heterocycles. The summed E-state index contributed by atoms with van der Waals surface area (Å²) in [5, 5.41) is 24.5. The molecule has 1 amide bonds. The molecule has 1 N–H and O–H groups in total. The van der Waals surface area contributed by atoms with Gasteiger partial charge in [-0.3, -0.25) is 9.69 Å². The van der Waals surface area contributed by atoms with Crippen LogP contribution in [0.2, 0.25) is 0 Å². The first kappa shape index (κ1) is 25.7. The van der Waals surface area contributed by atoms with Gasteiger partial charge in [-0.2, -0.15) is 0 Å². The molecular formula is C39H37NO2. The smallest absolute Gasteiger partial charge is 0.261 e. The fourth-order valence-electron chi connectivity index (χ4n) is 8.02. The average Bonchev–Trinajstić information content (AvgIpc) is 3.48. The van der Waals surface area contributed by atoms with Crippen LogP contribution in [0, 0.1) is 20.8 Å². The number of amides is 1. The lowest BCUT2D eigenvalue weighted by Crippen LogP contribution is -2.27. The van der Waals surface area contributed by atoms with E-state index in [-0.39, 0.29) is 5.91 Å². The number of carbonyl (C=O) groups is 1. The fraction of sp³-hybridized carbons (Fsp3) is 0.308. The summed E-state index contributed by atoms with van der Waals surface area (Å²) in [5.41, 5.74) is 8.34. The number of aryl methyl sites for hydroxylation is 4. The van der Waals surface area contributed by atoms with E-state index in [0.29, 0.717) is 5.56 Å². The summed E-state index contributed by atoms with van der Waals surface area (Å²) in [7, 11) is 0. The van der Waals surface area contributed by atoms with Crippen molar-refractivity contribution in [2.75, 3.05) is 4.90 Å². The summed E-state index contributed by atoms with van der Waals surface area (Å²) in [6.07, 6.45) is 5.38. The van der Waals surface area contributed by atoms with Crippen molar-refractivity contribution in [2.45, 2.75) is 79.4 Å². The molecule has 1 heterocycles. The molecule has 1 aliphatic rings. The van der Waals surface area contributed by atoms with Crippen LogP contribution in [-0.4, -0.2) is 11.0 Å². The molecule has 7 aromatic carbocycles. The summed E-state index contributed by atoms with van der Waals surface area (Å²) in [4.78, 5) is 16.2. The standard InChI is InChI=1S/C39H37NO2/c1-6-8-10-24-18-29-34-32-27(24)14-12-23-13-15-28-25(11-9-7-2)19-30(35(34)33(28)31(23)32)37-36(29)38(41)40(39(37)42)26-16-20(3)22(5)21(4)17-26/h12-19,38,41H,6-11H2,1-5H3. The molecule has 0 bridgehead atoms. The van der Waals surface area contributed by atoms with E-state index in [1.807, 2.05) is 0 Å². The van der Waals surface area contributed by atoms with Crippen LogP contribution in [0.5, 0.6) is 0 Å². The Morgan fingerprint density at radius 2 is 1.21 bits per heavy atom. The van der Waals surface area contributed by atoms with Gasteiger partial charge < -0.3 is 5.11 Å². The number of aliphatic hydroxyl groups excluding tert-OH is 1. The Morgan fingerprint density at radius 3 is 1.79 bits per heavy atom. The monoisotopic (exact) mass is 551 g/mol. The number of rotatable bonds is 7. The van der Waals surface area contributed by atoms with Crippen molar-refractivity contribution in [1.29, 1.82) is 0 Å². The number of anilines is 1. The molecule has 3 heteroatoms. The molecule has 42 heavy (non-hydrogen) atoms. The Morgan fingerprint density at radius 1 is 0.690 bits per heavy atom. The zero-order valence-electron chi connectivity index (χ0n) is 25.2. The van der Waals surface area contributed by atoms with E-state index in [4.69, 9.17) is 0 Å². The van der Waals surface area contributed by atoms with Gasteiger partial charge in [-0.25, -0.2) is 0 Å². The predicted octanol–water partition coefficient (Wildman–Crippen LogP) is 10.0. The number of carbonyl (C=O) groups excluding carboxylic acids is 1. The SMILES string of the molecule is CCCCc1cc2c3c(c4cc(CCCC)c5ccc6ccc1c1c6c5c4c21)C(O)N(c1cc(C)c(C)c(C)c1)C3=O. The van der Waals surface area contributed by atoms with E-state index in [1.165, 1.54) is 59.8 Å². The molecule has 0 spiro atoms. The third-order valence-corrected chi connectivity index (χ3v) is 10.4. The fourth-order valence-corrected chi connectivity index (χ4v) is 8.02. The summed E-state index contributed by atoms with van der Waals surface area (Å²) < 4.78 is 0. The highest BCUT2D eigenvalue weighted by atomic mass is 16.3. The van der Waals surface area contributed by atoms with Gasteiger partial charge in [0.15, 0.2) is 6.23 Å². The van der Waals surface area contributed by atoms with Gasteiger partial charge in [-0.1, -0.05) is 57.0 Å². The molecule has 1 aliphatic heterocycles. The Hall–Kier alpha value is -3.95. The first-order valence-electron chi connectivity index (χ1n) is 15.7. The van der Waals surface area contributed by atoms with E-state index in [2.05, 4.69) is 83.1 Å². The minimum Gasteiger partial charge on any atom is -0.369 e. The lowest BCUT2D eigenvalue weighted by molar-refractivity contribution is 0.0937. The average molecular weight is 552 g/mol. The maximum atomic E-state index is 14.6. The van der Waals surface area contributed by atoms with Crippen molar-refractivity contribution < 1.29 is 9.90 Å². The third-order valence-electron chi connectivity index (χ3n) is 10.4. The predicted molar refractivity (Wildman–Crippen MR) is 177 cm³/mol. The second-order valence-corrected chi connectivity index (χ2v) is 12.7. The van der Waals surface area contributed by atoms with Crippen LogP contribution in [-0.2, 0) is 12.8 Å². The molecule has 0 aliphatic carbocycles. The van der Waals surface area contributed by atoms with Crippen LogP contribution in [0.25, 0.3) is 53.9 Å². The quantitative estimate of drug-likeness (QED) is 0.200. The van der Waals surface area contributed by atoms with Crippen molar-refractivity contribution in [3.63, 3.8) is 0 Å². The Kier molecular flexibility index (Phi) is 5.53. The second-order valence-electron chi connectivity index (χ2n) is 12.7. The first-order chi connectivity index (χ1) is 20.3. The van der Waals surface area contributed by atoms with Gasteiger partial charge in [0.1, 0.15) is 0 Å². The van der Waals surface area contributed by atoms with Crippen LogP contribution < -0.4 is 4.90 Å². The molecule has 7 aromatic rings. The highest BCUT2D eigenvalue weighted by Crippen LogP contribution is 2.54. The van der Waals surface area contributed by atoms with Crippen LogP contribution in [0.3, 0.4) is 0 Å². The van der Waals surface area contributed by atoms with Gasteiger partial charge in [-0.15, -0.1) is 0 Å². The lowest BCUT2D eigenvalue weighted by Gasteiger charge is -2.23. The minimum atomic E-state index is -1.03.